The summed E-state index contributed by atoms with van der Waals surface area (Å²) < 4.78 is 11.1. The Bertz CT molecular complexity index is 211. The predicted molar refractivity (Wildman–Crippen MR) is 70.7 cm³/mol. The van der Waals surface area contributed by atoms with Crippen molar-refractivity contribution in [1.29, 1.82) is 0 Å². The second-order valence-electron chi connectivity index (χ2n) is 5.52. The lowest BCUT2D eigenvalue weighted by Gasteiger charge is -2.26. The Morgan fingerprint density at radius 2 is 2.00 bits per heavy atom. The number of rotatable bonds is 7. The summed E-state index contributed by atoms with van der Waals surface area (Å²) >= 11 is 0. The van der Waals surface area contributed by atoms with E-state index in [0.29, 0.717) is 12.1 Å². The Morgan fingerprint density at radius 3 is 2.72 bits per heavy atom. The predicted octanol–water partition coefficient (Wildman–Crippen LogP) is 1.47. The van der Waals surface area contributed by atoms with Gasteiger partial charge in [-0.2, -0.15) is 0 Å². The van der Waals surface area contributed by atoms with E-state index in [1.807, 2.05) is 0 Å². The van der Waals surface area contributed by atoms with Gasteiger partial charge in [0.05, 0.1) is 18.8 Å². The highest BCUT2D eigenvalue weighted by Crippen LogP contribution is 2.18. The monoisotopic (exact) mass is 257 g/mol. The van der Waals surface area contributed by atoms with Gasteiger partial charge in [0.25, 0.3) is 0 Å². The summed E-state index contributed by atoms with van der Waals surface area (Å²) in [5.74, 6) is 0. The second-order valence-corrected chi connectivity index (χ2v) is 5.52. The number of aliphatic hydroxyl groups is 1. The summed E-state index contributed by atoms with van der Waals surface area (Å²) in [7, 11) is 0. The minimum absolute atomic E-state index is 0.0576. The molecule has 1 heterocycles. The number of nitrogens with one attached hydrogen (secondary N) is 1. The van der Waals surface area contributed by atoms with E-state index in [4.69, 9.17) is 9.47 Å². The average Bonchev–Trinajstić information content (AvgIpc) is 2.89. The van der Waals surface area contributed by atoms with Crippen LogP contribution in [0.15, 0.2) is 0 Å². The van der Waals surface area contributed by atoms with Crippen LogP contribution in [0.2, 0.25) is 0 Å². The fraction of sp³-hybridized carbons (Fsp3) is 1.00. The molecule has 0 radical (unpaired) electrons. The quantitative estimate of drug-likeness (QED) is 0.678. The van der Waals surface area contributed by atoms with Gasteiger partial charge in [0.2, 0.25) is 0 Å². The zero-order chi connectivity index (χ0) is 12.6. The normalized spacial score (nSPS) is 32.8. The summed E-state index contributed by atoms with van der Waals surface area (Å²) in [4.78, 5) is 0. The molecule has 0 spiro atoms. The Hall–Kier alpha value is -0.160. The van der Waals surface area contributed by atoms with E-state index < -0.39 is 0 Å². The SMILES string of the molecule is OC1CCC(NCCCOCC2CCCO2)CC1. The van der Waals surface area contributed by atoms with E-state index in [1.54, 1.807) is 0 Å². The van der Waals surface area contributed by atoms with Crippen LogP contribution in [0, 0.1) is 0 Å². The second kappa shape index (κ2) is 8.10. The number of ether oxygens (including phenoxy) is 2. The van der Waals surface area contributed by atoms with Gasteiger partial charge in [0.15, 0.2) is 0 Å². The molecule has 0 amide bonds. The van der Waals surface area contributed by atoms with Gasteiger partial charge >= 0.3 is 0 Å². The van der Waals surface area contributed by atoms with Crippen LogP contribution >= 0.6 is 0 Å². The molecule has 4 heteroatoms. The zero-order valence-electron chi connectivity index (χ0n) is 11.3. The Balaban J connectivity index is 1.39. The molecular weight excluding hydrogens is 230 g/mol. The molecule has 106 valence electrons. The standard InChI is InChI=1S/C14H27NO3/c16-13-6-4-12(5-7-13)15-8-2-9-17-11-14-3-1-10-18-14/h12-16H,1-11H2. The van der Waals surface area contributed by atoms with Crippen LogP contribution in [0.3, 0.4) is 0 Å². The molecule has 1 atom stereocenters. The van der Waals surface area contributed by atoms with E-state index in [-0.39, 0.29) is 6.10 Å². The third-order valence-corrected chi connectivity index (χ3v) is 3.92. The van der Waals surface area contributed by atoms with Crippen LogP contribution in [0.25, 0.3) is 0 Å². The van der Waals surface area contributed by atoms with Crippen LogP contribution in [0.4, 0.5) is 0 Å². The van der Waals surface area contributed by atoms with Crippen molar-refractivity contribution >= 4 is 0 Å². The summed E-state index contributed by atoms with van der Waals surface area (Å²) in [6.07, 6.45) is 7.81. The van der Waals surface area contributed by atoms with Crippen molar-refractivity contribution in [3.05, 3.63) is 0 Å². The molecule has 2 rings (SSSR count). The highest BCUT2D eigenvalue weighted by atomic mass is 16.5. The highest BCUT2D eigenvalue weighted by Gasteiger charge is 2.18. The van der Waals surface area contributed by atoms with Gasteiger partial charge < -0.3 is 19.9 Å². The van der Waals surface area contributed by atoms with E-state index >= 15 is 0 Å². The number of hydrogen-bond donors (Lipinski definition) is 2. The van der Waals surface area contributed by atoms with E-state index in [0.717, 1.165) is 64.9 Å². The molecule has 0 aromatic heterocycles. The molecule has 2 fully saturated rings. The first kappa shape index (κ1) is 14.3. The van der Waals surface area contributed by atoms with Gasteiger partial charge in [0, 0.05) is 19.3 Å². The first-order valence-electron chi connectivity index (χ1n) is 7.45. The largest absolute Gasteiger partial charge is 0.393 e. The highest BCUT2D eigenvalue weighted by molar-refractivity contribution is 4.76. The van der Waals surface area contributed by atoms with Crippen molar-refractivity contribution in [2.45, 2.75) is 63.2 Å². The van der Waals surface area contributed by atoms with Crippen LogP contribution in [0.5, 0.6) is 0 Å². The summed E-state index contributed by atoms with van der Waals surface area (Å²) in [6.45, 7) is 3.51. The first-order chi connectivity index (χ1) is 8.84. The van der Waals surface area contributed by atoms with Crippen LogP contribution in [0.1, 0.15) is 44.9 Å². The smallest absolute Gasteiger partial charge is 0.0809 e. The summed E-state index contributed by atoms with van der Waals surface area (Å²) in [5.41, 5.74) is 0. The molecular formula is C14H27NO3. The van der Waals surface area contributed by atoms with Gasteiger partial charge in [-0.25, -0.2) is 0 Å². The van der Waals surface area contributed by atoms with Gasteiger partial charge in [-0.05, 0) is 51.5 Å². The first-order valence-corrected chi connectivity index (χ1v) is 7.45. The summed E-state index contributed by atoms with van der Waals surface area (Å²) in [5, 5.41) is 13.0. The maximum Gasteiger partial charge on any atom is 0.0809 e. The van der Waals surface area contributed by atoms with Crippen molar-refractivity contribution in [2.24, 2.45) is 0 Å². The van der Waals surface area contributed by atoms with Crippen LogP contribution in [-0.2, 0) is 9.47 Å². The Morgan fingerprint density at radius 1 is 1.17 bits per heavy atom. The van der Waals surface area contributed by atoms with Crippen LogP contribution in [-0.4, -0.2) is 49.7 Å². The fourth-order valence-corrected chi connectivity index (χ4v) is 2.75. The summed E-state index contributed by atoms with van der Waals surface area (Å²) in [6, 6.07) is 0.603. The fourth-order valence-electron chi connectivity index (χ4n) is 2.75. The molecule has 1 unspecified atom stereocenters. The molecule has 0 aromatic carbocycles. The van der Waals surface area contributed by atoms with Crippen molar-refractivity contribution in [3.63, 3.8) is 0 Å². The molecule has 1 aliphatic carbocycles. The number of hydrogen-bond acceptors (Lipinski definition) is 4. The maximum atomic E-state index is 9.41. The Kier molecular flexibility index (Phi) is 6.41. The molecule has 1 saturated heterocycles. The van der Waals surface area contributed by atoms with Gasteiger partial charge in [-0.15, -0.1) is 0 Å². The van der Waals surface area contributed by atoms with Crippen molar-refractivity contribution in [1.82, 2.24) is 5.32 Å². The molecule has 0 aromatic rings. The molecule has 1 aliphatic heterocycles. The average molecular weight is 257 g/mol. The molecule has 4 nitrogen and oxygen atoms in total. The van der Waals surface area contributed by atoms with E-state index in [1.165, 1.54) is 6.42 Å². The lowest BCUT2D eigenvalue weighted by atomic mass is 9.93. The van der Waals surface area contributed by atoms with Gasteiger partial charge in [-0.1, -0.05) is 0 Å². The van der Waals surface area contributed by atoms with Crippen molar-refractivity contribution in [3.8, 4) is 0 Å². The lowest BCUT2D eigenvalue weighted by Crippen LogP contribution is -2.35. The van der Waals surface area contributed by atoms with Crippen molar-refractivity contribution in [2.75, 3.05) is 26.4 Å². The maximum absolute atomic E-state index is 9.41. The third-order valence-electron chi connectivity index (χ3n) is 3.92. The van der Waals surface area contributed by atoms with Crippen LogP contribution < -0.4 is 5.32 Å². The van der Waals surface area contributed by atoms with Gasteiger partial charge in [-0.3, -0.25) is 0 Å². The lowest BCUT2D eigenvalue weighted by molar-refractivity contribution is 0.0164. The van der Waals surface area contributed by atoms with E-state index in [2.05, 4.69) is 5.32 Å². The minimum atomic E-state index is -0.0576. The zero-order valence-corrected chi connectivity index (χ0v) is 11.3. The molecule has 18 heavy (non-hydrogen) atoms. The molecule has 2 N–H and O–H groups in total. The molecule has 2 aliphatic rings. The van der Waals surface area contributed by atoms with E-state index in [9.17, 15) is 5.11 Å². The van der Waals surface area contributed by atoms with Gasteiger partial charge in [0.1, 0.15) is 0 Å². The molecule has 1 saturated carbocycles. The Labute approximate surface area is 110 Å². The third kappa shape index (κ3) is 5.22. The number of aliphatic hydroxyl groups excluding tert-OH is 1. The molecule has 0 bridgehead atoms. The van der Waals surface area contributed by atoms with Crippen molar-refractivity contribution < 1.29 is 14.6 Å². The topological polar surface area (TPSA) is 50.7 Å². The minimum Gasteiger partial charge on any atom is -0.393 e.